The second-order valence-corrected chi connectivity index (χ2v) is 3.65. The quantitative estimate of drug-likeness (QED) is 0.401. The lowest BCUT2D eigenvalue weighted by atomic mass is 10.0. The molecule has 0 saturated carbocycles. The highest BCUT2D eigenvalue weighted by atomic mass is 32.1. The summed E-state index contributed by atoms with van der Waals surface area (Å²) in [6.07, 6.45) is 1.09. The molecule has 0 spiro atoms. The average molecular weight is 188 g/mol. The van der Waals surface area contributed by atoms with Crippen LogP contribution in [0.1, 0.15) is 27.2 Å². The zero-order chi connectivity index (χ0) is 9.72. The Bertz CT molecular complexity index is 185. The number of aliphatic hydroxyl groups is 1. The third kappa shape index (κ3) is 3.93. The summed E-state index contributed by atoms with van der Waals surface area (Å²) in [4.78, 5) is 11.1. The zero-order valence-electron chi connectivity index (χ0n) is 7.74. The van der Waals surface area contributed by atoms with Gasteiger partial charge in [-0.3, -0.25) is 4.79 Å². The number of allylic oxidation sites excluding steroid dienone is 2. The largest absolute Gasteiger partial charge is 0.393 e. The fourth-order valence-corrected chi connectivity index (χ4v) is 1.23. The third-order valence-electron chi connectivity index (χ3n) is 1.74. The Balaban J connectivity index is 4.27. The summed E-state index contributed by atoms with van der Waals surface area (Å²) in [5.74, 6) is 0.151. The number of thiol groups is 1. The molecule has 0 aliphatic heterocycles. The lowest BCUT2D eigenvalue weighted by molar-refractivity contribution is -0.104. The number of carbonyl (C=O) groups excluding carboxylic acids is 1. The minimum atomic E-state index is -0.346. The van der Waals surface area contributed by atoms with E-state index in [4.69, 9.17) is 5.11 Å². The van der Waals surface area contributed by atoms with Crippen LogP contribution in [0, 0.1) is 5.92 Å². The van der Waals surface area contributed by atoms with Gasteiger partial charge in [-0.15, -0.1) is 12.6 Å². The third-order valence-corrected chi connectivity index (χ3v) is 2.54. The van der Waals surface area contributed by atoms with Gasteiger partial charge in [-0.2, -0.15) is 0 Å². The predicted molar refractivity (Wildman–Crippen MR) is 53.2 cm³/mol. The first kappa shape index (κ1) is 11.7. The summed E-state index contributed by atoms with van der Waals surface area (Å²) < 4.78 is 0. The van der Waals surface area contributed by atoms with Gasteiger partial charge in [-0.05, 0) is 36.7 Å². The standard InChI is InChI=1S/C9H16O2S/c1-6(4-8(3)11)9(12)7(2)5-10/h5-6,8,11-12H,4H2,1-3H3/b9-7+. The topological polar surface area (TPSA) is 37.3 Å². The zero-order valence-corrected chi connectivity index (χ0v) is 8.64. The fraction of sp³-hybridized carbons (Fsp3) is 0.667. The molecule has 0 amide bonds. The monoisotopic (exact) mass is 188 g/mol. The lowest BCUT2D eigenvalue weighted by Gasteiger charge is -2.14. The predicted octanol–water partition coefficient (Wildman–Crippen LogP) is 1.80. The molecule has 2 nitrogen and oxygen atoms in total. The highest BCUT2D eigenvalue weighted by Crippen LogP contribution is 2.22. The molecule has 0 aliphatic carbocycles. The number of hydrogen-bond donors (Lipinski definition) is 2. The van der Waals surface area contributed by atoms with Crippen LogP contribution < -0.4 is 0 Å². The maximum atomic E-state index is 10.4. The van der Waals surface area contributed by atoms with Gasteiger partial charge in [0.1, 0.15) is 6.29 Å². The number of rotatable bonds is 4. The van der Waals surface area contributed by atoms with Crippen molar-refractivity contribution in [3.8, 4) is 0 Å². The molecule has 1 N–H and O–H groups in total. The first-order valence-electron chi connectivity index (χ1n) is 4.02. The molecule has 0 aromatic rings. The van der Waals surface area contributed by atoms with Crippen LogP contribution in [-0.2, 0) is 4.79 Å². The van der Waals surface area contributed by atoms with Crippen molar-refractivity contribution >= 4 is 18.9 Å². The number of aliphatic hydroxyl groups excluding tert-OH is 1. The van der Waals surface area contributed by atoms with Crippen LogP contribution in [0.3, 0.4) is 0 Å². The maximum Gasteiger partial charge on any atom is 0.146 e. The minimum Gasteiger partial charge on any atom is -0.393 e. The Morgan fingerprint density at radius 1 is 1.58 bits per heavy atom. The molecule has 0 rings (SSSR count). The van der Waals surface area contributed by atoms with Crippen LogP contribution >= 0.6 is 12.6 Å². The van der Waals surface area contributed by atoms with Crippen molar-refractivity contribution in [1.29, 1.82) is 0 Å². The van der Waals surface area contributed by atoms with Crippen LogP contribution in [0.25, 0.3) is 0 Å². The Morgan fingerprint density at radius 3 is 2.42 bits per heavy atom. The molecule has 0 aromatic heterocycles. The van der Waals surface area contributed by atoms with E-state index < -0.39 is 0 Å². The summed E-state index contributed by atoms with van der Waals surface area (Å²) in [6.45, 7) is 5.41. The fourth-order valence-electron chi connectivity index (χ4n) is 1.07. The van der Waals surface area contributed by atoms with Crippen molar-refractivity contribution in [2.24, 2.45) is 5.92 Å². The number of carbonyl (C=O) groups is 1. The van der Waals surface area contributed by atoms with Gasteiger partial charge in [0.05, 0.1) is 6.10 Å². The van der Waals surface area contributed by atoms with E-state index in [1.165, 1.54) is 0 Å². The highest BCUT2D eigenvalue weighted by Gasteiger charge is 2.10. The second kappa shape index (κ2) is 5.38. The molecule has 0 aliphatic rings. The van der Waals surface area contributed by atoms with Crippen LogP contribution in [-0.4, -0.2) is 17.5 Å². The van der Waals surface area contributed by atoms with Gasteiger partial charge >= 0.3 is 0 Å². The summed E-state index contributed by atoms with van der Waals surface area (Å²) >= 11 is 4.21. The van der Waals surface area contributed by atoms with Crippen molar-refractivity contribution in [1.82, 2.24) is 0 Å². The molecular weight excluding hydrogens is 172 g/mol. The van der Waals surface area contributed by atoms with Crippen molar-refractivity contribution in [3.05, 3.63) is 10.5 Å². The number of hydrogen-bond acceptors (Lipinski definition) is 3. The van der Waals surface area contributed by atoms with Gasteiger partial charge in [0.15, 0.2) is 0 Å². The minimum absolute atomic E-state index is 0.151. The molecule has 0 heterocycles. The summed E-state index contributed by atoms with van der Waals surface area (Å²) in [6, 6.07) is 0. The van der Waals surface area contributed by atoms with Crippen molar-refractivity contribution in [2.45, 2.75) is 33.3 Å². The second-order valence-electron chi connectivity index (χ2n) is 3.17. The van der Waals surface area contributed by atoms with Gasteiger partial charge in [-0.1, -0.05) is 6.92 Å². The van der Waals surface area contributed by atoms with Crippen LogP contribution in [0.5, 0.6) is 0 Å². The molecule has 0 aromatic carbocycles. The normalized spacial score (nSPS) is 18.1. The molecule has 2 atom stereocenters. The van der Waals surface area contributed by atoms with Crippen LogP contribution in [0.4, 0.5) is 0 Å². The average Bonchev–Trinajstić information content (AvgIpc) is 2.00. The Kier molecular flexibility index (Phi) is 5.25. The van der Waals surface area contributed by atoms with Crippen molar-refractivity contribution in [2.75, 3.05) is 0 Å². The summed E-state index contributed by atoms with van der Waals surface area (Å²) in [7, 11) is 0. The molecule has 3 heteroatoms. The summed E-state index contributed by atoms with van der Waals surface area (Å²) in [5.41, 5.74) is 0.645. The molecule has 0 fully saturated rings. The van der Waals surface area contributed by atoms with Gasteiger partial charge in [0.25, 0.3) is 0 Å². The highest BCUT2D eigenvalue weighted by molar-refractivity contribution is 7.84. The molecule has 0 bridgehead atoms. The van der Waals surface area contributed by atoms with Gasteiger partial charge in [-0.25, -0.2) is 0 Å². The Labute approximate surface area is 79.1 Å². The van der Waals surface area contributed by atoms with E-state index in [1.807, 2.05) is 6.92 Å². The molecule has 2 unspecified atom stereocenters. The van der Waals surface area contributed by atoms with E-state index in [0.29, 0.717) is 12.0 Å². The molecule has 12 heavy (non-hydrogen) atoms. The Hall–Kier alpha value is -0.280. The van der Waals surface area contributed by atoms with E-state index in [9.17, 15) is 4.79 Å². The van der Waals surface area contributed by atoms with E-state index in [0.717, 1.165) is 11.2 Å². The van der Waals surface area contributed by atoms with Crippen LogP contribution in [0.2, 0.25) is 0 Å². The van der Waals surface area contributed by atoms with Gasteiger partial charge in [0.2, 0.25) is 0 Å². The summed E-state index contributed by atoms with van der Waals surface area (Å²) in [5, 5.41) is 9.08. The molecular formula is C9H16O2S. The van der Waals surface area contributed by atoms with Crippen LogP contribution in [0.15, 0.2) is 10.5 Å². The van der Waals surface area contributed by atoms with E-state index in [1.54, 1.807) is 13.8 Å². The van der Waals surface area contributed by atoms with Gasteiger partial charge in [0, 0.05) is 0 Å². The first-order valence-corrected chi connectivity index (χ1v) is 4.46. The van der Waals surface area contributed by atoms with Gasteiger partial charge < -0.3 is 5.11 Å². The number of aldehydes is 1. The molecule has 70 valence electrons. The van der Waals surface area contributed by atoms with E-state index in [-0.39, 0.29) is 12.0 Å². The molecule has 0 saturated heterocycles. The maximum absolute atomic E-state index is 10.4. The first-order chi connectivity index (χ1) is 5.49. The van der Waals surface area contributed by atoms with Crippen molar-refractivity contribution in [3.63, 3.8) is 0 Å². The SMILES string of the molecule is C/C(C=O)=C(\S)C(C)CC(C)O. The van der Waals surface area contributed by atoms with E-state index >= 15 is 0 Å². The smallest absolute Gasteiger partial charge is 0.146 e. The molecule has 0 radical (unpaired) electrons. The van der Waals surface area contributed by atoms with E-state index in [2.05, 4.69) is 12.6 Å². The lowest BCUT2D eigenvalue weighted by Crippen LogP contribution is -2.08. The van der Waals surface area contributed by atoms with Crippen molar-refractivity contribution < 1.29 is 9.90 Å². The Morgan fingerprint density at radius 2 is 2.08 bits per heavy atom.